The molecule has 1 heterocycles. The maximum absolute atomic E-state index is 11.8. The number of hydrogen-bond donors (Lipinski definition) is 0. The smallest absolute Gasteiger partial charge is 0.341 e. The number of hydrogen-bond acceptors (Lipinski definition) is 4. The molecular weight excluding hydrogens is 312 g/mol. The summed E-state index contributed by atoms with van der Waals surface area (Å²) in [4.78, 5) is 11.8. The molecule has 0 aliphatic carbocycles. The van der Waals surface area contributed by atoms with Gasteiger partial charge in [0.15, 0.2) is 23.0 Å². The second-order valence-electron chi connectivity index (χ2n) is 3.92. The zero-order chi connectivity index (χ0) is 13.4. The van der Waals surface area contributed by atoms with E-state index in [2.05, 4.69) is 15.9 Å². The first-order chi connectivity index (χ1) is 9.19. The van der Waals surface area contributed by atoms with Crippen molar-refractivity contribution in [3.05, 3.63) is 46.4 Å². The van der Waals surface area contributed by atoms with Crippen LogP contribution < -0.4 is 9.47 Å². The minimum Gasteiger partial charge on any atom is -0.465 e. The average Bonchev–Trinajstić information content (AvgIpc) is 2.43. The normalized spacial score (nSPS) is 11.7. The average molecular weight is 321 g/mol. The lowest BCUT2D eigenvalue weighted by molar-refractivity contribution is 0.0596. The Bertz CT molecular complexity index is 666. The molecule has 0 fully saturated rings. The van der Waals surface area contributed by atoms with E-state index in [-0.39, 0.29) is 0 Å². The maximum atomic E-state index is 11.8. The lowest BCUT2D eigenvalue weighted by atomic mass is 10.1. The van der Waals surface area contributed by atoms with Crippen LogP contribution in [0.4, 0.5) is 0 Å². The molecule has 0 bridgehead atoms. The number of ether oxygens (including phenoxy) is 3. The molecule has 0 spiro atoms. The highest BCUT2D eigenvalue weighted by Gasteiger charge is 2.25. The van der Waals surface area contributed by atoms with E-state index < -0.39 is 5.97 Å². The van der Waals surface area contributed by atoms with Crippen LogP contribution in [0.25, 0.3) is 0 Å². The van der Waals surface area contributed by atoms with Crippen LogP contribution in [0.3, 0.4) is 0 Å². The third-order valence-corrected chi connectivity index (χ3v) is 3.16. The van der Waals surface area contributed by atoms with Crippen LogP contribution in [-0.4, -0.2) is 13.1 Å². The summed E-state index contributed by atoms with van der Waals surface area (Å²) < 4.78 is 16.9. The Morgan fingerprint density at radius 3 is 2.47 bits per heavy atom. The van der Waals surface area contributed by atoms with Crippen molar-refractivity contribution in [2.24, 2.45) is 0 Å². The zero-order valence-corrected chi connectivity index (χ0v) is 11.6. The van der Waals surface area contributed by atoms with Crippen LogP contribution in [0, 0.1) is 0 Å². The molecule has 0 unspecified atom stereocenters. The number of benzene rings is 2. The molecule has 0 aromatic heterocycles. The van der Waals surface area contributed by atoms with Crippen molar-refractivity contribution >= 4 is 21.9 Å². The van der Waals surface area contributed by atoms with E-state index in [1.165, 1.54) is 7.11 Å². The van der Waals surface area contributed by atoms with Gasteiger partial charge in [-0.2, -0.15) is 0 Å². The summed E-state index contributed by atoms with van der Waals surface area (Å²) in [5.41, 5.74) is 0.321. The Balaban J connectivity index is 2.14. The third kappa shape index (κ3) is 2.06. The van der Waals surface area contributed by atoms with E-state index >= 15 is 0 Å². The van der Waals surface area contributed by atoms with Crippen LogP contribution in [0.1, 0.15) is 10.4 Å². The molecule has 2 aromatic carbocycles. The number of rotatable bonds is 1. The van der Waals surface area contributed by atoms with Crippen molar-refractivity contribution in [2.45, 2.75) is 0 Å². The number of methoxy groups -OCH3 is 1. The molecule has 3 rings (SSSR count). The predicted molar refractivity (Wildman–Crippen MR) is 72.1 cm³/mol. The molecule has 4 nitrogen and oxygen atoms in total. The number of fused-ring (bicyclic) bond motifs is 2. The van der Waals surface area contributed by atoms with Gasteiger partial charge >= 0.3 is 5.97 Å². The van der Waals surface area contributed by atoms with Gasteiger partial charge in [0.05, 0.1) is 7.11 Å². The molecule has 0 saturated heterocycles. The molecule has 5 heteroatoms. The van der Waals surface area contributed by atoms with Gasteiger partial charge in [0.25, 0.3) is 0 Å². The number of carbonyl (C=O) groups excluding carboxylic acids is 1. The van der Waals surface area contributed by atoms with Gasteiger partial charge in [-0.1, -0.05) is 28.1 Å². The highest BCUT2D eigenvalue weighted by Crippen LogP contribution is 2.47. The van der Waals surface area contributed by atoms with Gasteiger partial charge in [0, 0.05) is 4.47 Å². The monoisotopic (exact) mass is 320 g/mol. The molecule has 0 saturated carbocycles. The minimum absolute atomic E-state index is 0.321. The van der Waals surface area contributed by atoms with Gasteiger partial charge in [-0.05, 0) is 24.3 Å². The molecule has 0 N–H and O–H groups in total. The van der Waals surface area contributed by atoms with Gasteiger partial charge < -0.3 is 14.2 Å². The molecule has 96 valence electrons. The van der Waals surface area contributed by atoms with E-state index in [4.69, 9.17) is 14.2 Å². The van der Waals surface area contributed by atoms with Crippen molar-refractivity contribution in [3.63, 3.8) is 0 Å². The zero-order valence-electron chi connectivity index (χ0n) is 9.98. The fourth-order valence-electron chi connectivity index (χ4n) is 1.86. The topological polar surface area (TPSA) is 44.8 Å². The maximum Gasteiger partial charge on any atom is 0.341 e. The summed E-state index contributed by atoms with van der Waals surface area (Å²) >= 11 is 3.34. The summed E-state index contributed by atoms with van der Waals surface area (Å²) in [6, 6.07) is 10.7. The van der Waals surface area contributed by atoms with Crippen LogP contribution in [0.5, 0.6) is 23.0 Å². The van der Waals surface area contributed by atoms with Crippen molar-refractivity contribution in [3.8, 4) is 23.0 Å². The Kier molecular flexibility index (Phi) is 2.91. The van der Waals surface area contributed by atoms with Crippen molar-refractivity contribution in [1.29, 1.82) is 0 Å². The highest BCUT2D eigenvalue weighted by atomic mass is 79.9. The van der Waals surface area contributed by atoms with E-state index in [1.54, 1.807) is 24.3 Å². The first-order valence-electron chi connectivity index (χ1n) is 5.55. The minimum atomic E-state index is -0.472. The molecule has 1 aliphatic rings. The Hall–Kier alpha value is -2.01. The number of carbonyl (C=O) groups is 1. The molecule has 0 amide bonds. The van der Waals surface area contributed by atoms with Gasteiger partial charge in [-0.25, -0.2) is 4.79 Å². The fraction of sp³-hybridized carbons (Fsp3) is 0.0714. The first kappa shape index (κ1) is 12.0. The number of halogens is 1. The van der Waals surface area contributed by atoms with E-state index in [1.807, 2.05) is 12.1 Å². The Labute approximate surface area is 118 Å². The van der Waals surface area contributed by atoms with Crippen molar-refractivity contribution in [2.75, 3.05) is 7.11 Å². The van der Waals surface area contributed by atoms with Crippen LogP contribution in [0.15, 0.2) is 40.9 Å². The summed E-state index contributed by atoms with van der Waals surface area (Å²) in [7, 11) is 1.33. The lowest BCUT2D eigenvalue weighted by Crippen LogP contribution is -2.07. The third-order valence-electron chi connectivity index (χ3n) is 2.71. The number of para-hydroxylation sites is 2. The molecule has 0 radical (unpaired) electrons. The summed E-state index contributed by atoms with van der Waals surface area (Å²) in [6.07, 6.45) is 0. The van der Waals surface area contributed by atoms with Gasteiger partial charge in [0.1, 0.15) is 5.56 Å². The van der Waals surface area contributed by atoms with Gasteiger partial charge in [-0.3, -0.25) is 0 Å². The number of esters is 1. The molecule has 1 aliphatic heterocycles. The van der Waals surface area contributed by atoms with Crippen LogP contribution in [0.2, 0.25) is 0 Å². The van der Waals surface area contributed by atoms with Gasteiger partial charge in [0.2, 0.25) is 0 Å². The quantitative estimate of drug-likeness (QED) is 0.632. The molecule has 19 heavy (non-hydrogen) atoms. The standard InChI is InChI=1S/C14H9BrO4/c1-17-14(16)9-6-8(15)7-12-13(9)19-11-5-3-2-4-10(11)18-12/h2-7H,1H3. The fourth-order valence-corrected chi connectivity index (χ4v) is 2.30. The Morgan fingerprint density at radius 1 is 1.11 bits per heavy atom. The van der Waals surface area contributed by atoms with Crippen LogP contribution >= 0.6 is 15.9 Å². The SMILES string of the molecule is COC(=O)c1cc(Br)cc2c1Oc1ccccc1O2. The highest BCUT2D eigenvalue weighted by molar-refractivity contribution is 9.10. The van der Waals surface area contributed by atoms with E-state index in [0.29, 0.717) is 28.6 Å². The van der Waals surface area contributed by atoms with Crippen molar-refractivity contribution < 1.29 is 19.0 Å². The van der Waals surface area contributed by atoms with Gasteiger partial charge in [-0.15, -0.1) is 0 Å². The van der Waals surface area contributed by atoms with E-state index in [0.717, 1.165) is 4.47 Å². The van der Waals surface area contributed by atoms with Crippen LogP contribution in [-0.2, 0) is 4.74 Å². The second kappa shape index (κ2) is 4.59. The molecular formula is C14H9BrO4. The van der Waals surface area contributed by atoms with Crippen molar-refractivity contribution in [1.82, 2.24) is 0 Å². The molecule has 2 aromatic rings. The first-order valence-corrected chi connectivity index (χ1v) is 6.35. The summed E-state index contributed by atoms with van der Waals surface area (Å²) in [5.74, 6) is 1.56. The lowest BCUT2D eigenvalue weighted by Gasteiger charge is -2.22. The largest absolute Gasteiger partial charge is 0.465 e. The second-order valence-corrected chi connectivity index (χ2v) is 4.84. The Morgan fingerprint density at radius 2 is 1.79 bits per heavy atom. The summed E-state index contributed by atoms with van der Waals surface area (Å²) in [5, 5.41) is 0. The van der Waals surface area contributed by atoms with E-state index in [9.17, 15) is 4.79 Å². The molecule has 0 atom stereocenters. The predicted octanol–water partition coefficient (Wildman–Crippen LogP) is 4.13. The summed E-state index contributed by atoms with van der Waals surface area (Å²) in [6.45, 7) is 0.